The molecule has 1 rings (SSSR count). The number of carboxylic acid groups (broad SMARTS) is 1. The number of halogens is 1. The highest BCUT2D eigenvalue weighted by molar-refractivity contribution is 5.76. The minimum absolute atomic E-state index is 0.0822. The minimum atomic E-state index is -1.37. The molecule has 0 fully saturated rings. The average molecular weight is 199 g/mol. The molecule has 14 heavy (non-hydrogen) atoms. The summed E-state index contributed by atoms with van der Waals surface area (Å²) in [6.45, 7) is 2.78. The van der Waals surface area contributed by atoms with E-state index in [4.69, 9.17) is 9.84 Å². The van der Waals surface area contributed by atoms with Gasteiger partial charge < -0.3 is 9.84 Å². The van der Waals surface area contributed by atoms with Crippen molar-refractivity contribution in [3.05, 3.63) is 24.1 Å². The van der Waals surface area contributed by atoms with Crippen molar-refractivity contribution in [3.63, 3.8) is 0 Å². The normalized spacial score (nSPS) is 11.1. The van der Waals surface area contributed by atoms with E-state index in [1.165, 1.54) is 19.9 Å². The van der Waals surface area contributed by atoms with Crippen LogP contribution in [-0.2, 0) is 4.79 Å². The lowest BCUT2D eigenvalue weighted by Gasteiger charge is -2.20. The molecule has 0 spiro atoms. The monoisotopic (exact) mass is 199 g/mol. The lowest BCUT2D eigenvalue weighted by Crippen LogP contribution is -2.38. The van der Waals surface area contributed by atoms with Gasteiger partial charge in [-0.3, -0.25) is 0 Å². The van der Waals surface area contributed by atoms with Crippen molar-refractivity contribution in [3.8, 4) is 5.88 Å². The Kier molecular flexibility index (Phi) is 2.69. The zero-order valence-corrected chi connectivity index (χ0v) is 7.82. The molecule has 1 aromatic heterocycles. The Morgan fingerprint density at radius 1 is 1.57 bits per heavy atom. The predicted octanol–water partition coefficient (Wildman–Crippen LogP) is 1.46. The molecule has 0 amide bonds. The number of hydrogen-bond donors (Lipinski definition) is 1. The standard InChI is InChI=1S/C9H10FNO3/c1-9(2,8(12)13)14-7-4-3-6(10)5-11-7/h3-5H,1-2H3,(H,12,13). The fraction of sp³-hybridized carbons (Fsp3) is 0.333. The lowest BCUT2D eigenvalue weighted by atomic mass is 10.1. The number of hydrogen-bond acceptors (Lipinski definition) is 3. The van der Waals surface area contributed by atoms with Gasteiger partial charge in [0.25, 0.3) is 0 Å². The number of carbonyl (C=O) groups is 1. The summed E-state index contributed by atoms with van der Waals surface area (Å²) >= 11 is 0. The molecule has 5 heteroatoms. The third kappa shape index (κ3) is 2.42. The van der Waals surface area contributed by atoms with Gasteiger partial charge in [0.1, 0.15) is 5.82 Å². The van der Waals surface area contributed by atoms with Crippen LogP contribution in [0.15, 0.2) is 18.3 Å². The van der Waals surface area contributed by atoms with Gasteiger partial charge in [0.2, 0.25) is 11.5 Å². The van der Waals surface area contributed by atoms with Gasteiger partial charge in [-0.05, 0) is 19.9 Å². The minimum Gasteiger partial charge on any atom is -0.478 e. The van der Waals surface area contributed by atoms with Crippen LogP contribution in [0.25, 0.3) is 0 Å². The number of aromatic nitrogens is 1. The van der Waals surface area contributed by atoms with E-state index in [-0.39, 0.29) is 5.88 Å². The molecule has 1 aromatic rings. The molecule has 76 valence electrons. The van der Waals surface area contributed by atoms with Crippen molar-refractivity contribution in [2.24, 2.45) is 0 Å². The largest absolute Gasteiger partial charge is 0.478 e. The topological polar surface area (TPSA) is 59.4 Å². The van der Waals surface area contributed by atoms with E-state index >= 15 is 0 Å². The fourth-order valence-electron chi connectivity index (χ4n) is 0.728. The Bertz CT molecular complexity index is 334. The highest BCUT2D eigenvalue weighted by Crippen LogP contribution is 2.15. The van der Waals surface area contributed by atoms with Gasteiger partial charge in [-0.25, -0.2) is 14.2 Å². The summed E-state index contributed by atoms with van der Waals surface area (Å²) in [5.41, 5.74) is -1.37. The second kappa shape index (κ2) is 3.61. The average Bonchev–Trinajstić information content (AvgIpc) is 2.08. The molecule has 1 heterocycles. The van der Waals surface area contributed by atoms with E-state index in [2.05, 4.69) is 4.98 Å². The molecule has 0 radical (unpaired) electrons. The highest BCUT2D eigenvalue weighted by Gasteiger charge is 2.29. The first-order chi connectivity index (χ1) is 6.42. The van der Waals surface area contributed by atoms with E-state index in [9.17, 15) is 9.18 Å². The summed E-state index contributed by atoms with van der Waals surface area (Å²) in [4.78, 5) is 14.3. The Hall–Kier alpha value is -1.65. The molecule has 0 aliphatic carbocycles. The van der Waals surface area contributed by atoms with Gasteiger partial charge in [0, 0.05) is 6.07 Å². The van der Waals surface area contributed by atoms with Gasteiger partial charge >= 0.3 is 5.97 Å². The summed E-state index contributed by atoms with van der Waals surface area (Å²) in [6, 6.07) is 2.43. The van der Waals surface area contributed by atoms with Gasteiger partial charge in [-0.1, -0.05) is 0 Å². The van der Waals surface area contributed by atoms with E-state index in [1.807, 2.05) is 0 Å². The zero-order chi connectivity index (χ0) is 10.8. The molecule has 4 nitrogen and oxygen atoms in total. The van der Waals surface area contributed by atoms with Crippen LogP contribution in [0.2, 0.25) is 0 Å². The number of carboxylic acids is 1. The van der Waals surface area contributed by atoms with Gasteiger partial charge in [-0.15, -0.1) is 0 Å². The van der Waals surface area contributed by atoms with Crippen LogP contribution < -0.4 is 4.74 Å². The molecule has 1 N–H and O–H groups in total. The van der Waals surface area contributed by atoms with Crippen molar-refractivity contribution in [2.45, 2.75) is 19.4 Å². The van der Waals surface area contributed by atoms with Crippen LogP contribution in [0.3, 0.4) is 0 Å². The van der Waals surface area contributed by atoms with Crippen molar-refractivity contribution in [1.82, 2.24) is 4.98 Å². The number of ether oxygens (including phenoxy) is 1. The summed E-state index contributed by atoms with van der Waals surface area (Å²) in [7, 11) is 0. The van der Waals surface area contributed by atoms with Crippen LogP contribution in [0.4, 0.5) is 4.39 Å². The Morgan fingerprint density at radius 3 is 2.64 bits per heavy atom. The lowest BCUT2D eigenvalue weighted by molar-refractivity contribution is -0.152. The highest BCUT2D eigenvalue weighted by atomic mass is 19.1. The Labute approximate surface area is 80.3 Å². The number of rotatable bonds is 3. The number of pyridine rings is 1. The second-order valence-electron chi connectivity index (χ2n) is 3.23. The third-order valence-corrected chi connectivity index (χ3v) is 1.58. The molecule has 0 saturated heterocycles. The first kappa shape index (κ1) is 10.4. The van der Waals surface area contributed by atoms with Gasteiger partial charge in [0.05, 0.1) is 6.20 Å². The molecule has 0 saturated carbocycles. The number of aliphatic carboxylic acids is 1. The maximum atomic E-state index is 12.4. The smallest absolute Gasteiger partial charge is 0.347 e. The maximum absolute atomic E-state index is 12.4. The van der Waals surface area contributed by atoms with Crippen LogP contribution in [0.5, 0.6) is 5.88 Å². The summed E-state index contributed by atoms with van der Waals surface area (Å²) in [6.07, 6.45) is 0.966. The van der Waals surface area contributed by atoms with Gasteiger partial charge in [-0.2, -0.15) is 0 Å². The first-order valence-corrected chi connectivity index (χ1v) is 3.96. The maximum Gasteiger partial charge on any atom is 0.347 e. The van der Waals surface area contributed by atoms with Crippen LogP contribution in [0.1, 0.15) is 13.8 Å². The Balaban J connectivity index is 2.79. The fourth-order valence-corrected chi connectivity index (χ4v) is 0.728. The van der Waals surface area contributed by atoms with E-state index in [0.29, 0.717) is 0 Å². The quantitative estimate of drug-likeness (QED) is 0.800. The number of nitrogens with zero attached hydrogens (tertiary/aromatic N) is 1. The van der Waals surface area contributed by atoms with Crippen LogP contribution in [-0.4, -0.2) is 21.7 Å². The summed E-state index contributed by atoms with van der Waals surface area (Å²) < 4.78 is 17.5. The molecule has 0 unspecified atom stereocenters. The molecule has 0 atom stereocenters. The summed E-state index contributed by atoms with van der Waals surface area (Å²) in [5, 5.41) is 8.73. The van der Waals surface area contributed by atoms with E-state index in [1.54, 1.807) is 0 Å². The van der Waals surface area contributed by atoms with Crippen molar-refractivity contribution < 1.29 is 19.0 Å². The zero-order valence-electron chi connectivity index (χ0n) is 7.82. The predicted molar refractivity (Wildman–Crippen MR) is 46.5 cm³/mol. The van der Waals surface area contributed by atoms with Crippen LogP contribution >= 0.6 is 0 Å². The molecule has 0 aliphatic heterocycles. The molecule has 0 aromatic carbocycles. The SMILES string of the molecule is CC(C)(Oc1ccc(F)cn1)C(=O)O. The molecule has 0 aliphatic rings. The van der Waals surface area contributed by atoms with Crippen LogP contribution in [0, 0.1) is 5.82 Å². The Morgan fingerprint density at radius 2 is 2.21 bits per heavy atom. The van der Waals surface area contributed by atoms with Crippen molar-refractivity contribution in [2.75, 3.05) is 0 Å². The summed E-state index contributed by atoms with van der Waals surface area (Å²) in [5.74, 6) is -1.52. The van der Waals surface area contributed by atoms with Crippen molar-refractivity contribution in [1.29, 1.82) is 0 Å². The molecular weight excluding hydrogens is 189 g/mol. The van der Waals surface area contributed by atoms with Crippen molar-refractivity contribution >= 4 is 5.97 Å². The molecular formula is C9H10FNO3. The first-order valence-electron chi connectivity index (χ1n) is 3.96. The van der Waals surface area contributed by atoms with E-state index in [0.717, 1.165) is 12.3 Å². The van der Waals surface area contributed by atoms with Gasteiger partial charge in [0.15, 0.2) is 0 Å². The molecule has 0 bridgehead atoms. The van der Waals surface area contributed by atoms with E-state index < -0.39 is 17.4 Å². The third-order valence-electron chi connectivity index (χ3n) is 1.58. The second-order valence-corrected chi connectivity index (χ2v) is 3.23.